The number of amides is 2. The second-order valence-corrected chi connectivity index (χ2v) is 7.97. The highest BCUT2D eigenvalue weighted by molar-refractivity contribution is 6.05. The molecule has 0 bridgehead atoms. The van der Waals surface area contributed by atoms with Crippen molar-refractivity contribution in [2.24, 2.45) is 10.9 Å². The number of rotatable bonds is 7. The van der Waals surface area contributed by atoms with Gasteiger partial charge < -0.3 is 25.4 Å². The number of hydrogen-bond donors (Lipinski definition) is 2. The van der Waals surface area contributed by atoms with Crippen LogP contribution >= 0.6 is 0 Å². The molecule has 0 spiro atoms. The molecule has 0 aliphatic carbocycles. The molecular weight excluding hydrogens is 513 g/mol. The first-order chi connectivity index (χ1) is 17.2. The zero-order valence-electron chi connectivity index (χ0n) is 18.9. The lowest BCUT2D eigenvalue weighted by Gasteiger charge is -2.43. The van der Waals surface area contributed by atoms with Crippen LogP contribution in [0.25, 0.3) is 0 Å². The molecule has 0 radical (unpaired) electrons. The highest BCUT2D eigenvalue weighted by Gasteiger charge is 2.49. The fraction of sp³-hybridized carbons (Fsp3) is 0.304. The first kappa shape index (κ1) is 27.6. The van der Waals surface area contributed by atoms with Gasteiger partial charge in [0.05, 0.1) is 17.9 Å². The molecule has 2 aromatic carbocycles. The van der Waals surface area contributed by atoms with Crippen molar-refractivity contribution in [2.45, 2.75) is 24.5 Å². The Hall–Kier alpha value is -3.97. The van der Waals surface area contributed by atoms with Crippen molar-refractivity contribution in [3.05, 3.63) is 59.4 Å². The zero-order valence-corrected chi connectivity index (χ0v) is 18.9. The number of carbonyl (C=O) groups is 2. The van der Waals surface area contributed by atoms with E-state index in [4.69, 9.17) is 5.41 Å². The minimum atomic E-state index is -5.16. The number of aliphatic imine (C=N–C) groups is 1. The molecule has 2 amide bonds. The molecule has 1 aliphatic heterocycles. The van der Waals surface area contributed by atoms with E-state index in [9.17, 15) is 40.3 Å². The van der Waals surface area contributed by atoms with E-state index < -0.39 is 66.0 Å². The third-order valence-corrected chi connectivity index (χ3v) is 5.40. The molecule has 7 nitrogen and oxygen atoms in total. The number of nitrogens with zero attached hydrogens (tertiary/aromatic N) is 2. The predicted molar refractivity (Wildman–Crippen MR) is 118 cm³/mol. The van der Waals surface area contributed by atoms with Gasteiger partial charge in [0.25, 0.3) is 5.91 Å². The average molecular weight is 532 g/mol. The number of alkyl halides is 6. The van der Waals surface area contributed by atoms with Crippen LogP contribution in [0.2, 0.25) is 0 Å². The Kier molecular flexibility index (Phi) is 7.88. The summed E-state index contributed by atoms with van der Waals surface area (Å²) in [5.41, 5.74) is -0.663. The maximum Gasteiger partial charge on any atom is 0.573 e. The lowest BCUT2D eigenvalue weighted by atomic mass is 9.77. The molecule has 3 atom stereocenters. The monoisotopic (exact) mass is 532 g/mol. The number of carbonyl (C=O) groups excluding carboxylic acids is 2. The number of benzene rings is 2. The molecule has 1 heterocycles. The standard InChI is InChI=1S/C23H19F7N4O3/c1-32-10-12(9-31)19-18(16-4-2-3-5-17(16)21(36)34(19)11-22(25,26)27)20(35)33-14-6-13(24)7-15(8-14)37-23(28,29)30/h2-10,12,18-19,31H,11H2,1H3,(H,33,35)/t12?,18-,19+/m1/s1. The van der Waals surface area contributed by atoms with Gasteiger partial charge in [-0.05, 0) is 17.7 Å². The minimum Gasteiger partial charge on any atom is -0.406 e. The van der Waals surface area contributed by atoms with Gasteiger partial charge in [-0.2, -0.15) is 13.2 Å². The van der Waals surface area contributed by atoms with E-state index in [0.29, 0.717) is 23.1 Å². The predicted octanol–water partition coefficient (Wildman–Crippen LogP) is 4.80. The van der Waals surface area contributed by atoms with Crippen molar-refractivity contribution in [3.63, 3.8) is 0 Å². The van der Waals surface area contributed by atoms with Gasteiger partial charge in [0.1, 0.15) is 18.1 Å². The Bertz CT molecular complexity index is 1210. The number of halogens is 7. The molecule has 2 N–H and O–H groups in total. The Balaban J connectivity index is 2.12. The van der Waals surface area contributed by atoms with E-state index in [1.54, 1.807) is 0 Å². The van der Waals surface area contributed by atoms with Gasteiger partial charge in [-0.15, -0.1) is 13.2 Å². The molecule has 1 aliphatic rings. The van der Waals surface area contributed by atoms with Crippen molar-refractivity contribution < 1.29 is 45.1 Å². The third kappa shape index (κ3) is 6.62. The van der Waals surface area contributed by atoms with Crippen LogP contribution in [0.3, 0.4) is 0 Å². The summed E-state index contributed by atoms with van der Waals surface area (Å²) in [6.45, 7) is -1.75. The second-order valence-electron chi connectivity index (χ2n) is 7.97. The number of fused-ring (bicyclic) bond motifs is 1. The van der Waals surface area contributed by atoms with Crippen LogP contribution < -0.4 is 10.1 Å². The molecule has 0 saturated carbocycles. The summed E-state index contributed by atoms with van der Waals surface area (Å²) in [7, 11) is 1.28. The minimum absolute atomic E-state index is 0.0212. The van der Waals surface area contributed by atoms with Gasteiger partial charge in [0.2, 0.25) is 5.91 Å². The molecule has 14 heteroatoms. The lowest BCUT2D eigenvalue weighted by molar-refractivity contribution is -0.274. The number of nitrogens with one attached hydrogen (secondary N) is 2. The van der Waals surface area contributed by atoms with Crippen LogP contribution in [0, 0.1) is 17.1 Å². The highest BCUT2D eigenvalue weighted by atomic mass is 19.4. The van der Waals surface area contributed by atoms with Gasteiger partial charge in [-0.25, -0.2) is 4.39 Å². The van der Waals surface area contributed by atoms with Gasteiger partial charge >= 0.3 is 12.5 Å². The van der Waals surface area contributed by atoms with Crippen molar-refractivity contribution in [2.75, 3.05) is 18.9 Å². The fourth-order valence-electron chi connectivity index (χ4n) is 4.16. The summed E-state index contributed by atoms with van der Waals surface area (Å²) < 4.78 is 95.9. The van der Waals surface area contributed by atoms with Gasteiger partial charge in [-0.1, -0.05) is 18.2 Å². The Morgan fingerprint density at radius 2 is 1.86 bits per heavy atom. The highest BCUT2D eigenvalue weighted by Crippen LogP contribution is 2.39. The van der Waals surface area contributed by atoms with E-state index in [-0.39, 0.29) is 11.1 Å². The van der Waals surface area contributed by atoms with Gasteiger partial charge in [0.15, 0.2) is 0 Å². The summed E-state index contributed by atoms with van der Waals surface area (Å²) in [6, 6.07) is 5.58. The third-order valence-electron chi connectivity index (χ3n) is 5.40. The summed E-state index contributed by atoms with van der Waals surface area (Å²) in [6.07, 6.45) is -8.21. The Morgan fingerprint density at radius 3 is 2.46 bits per heavy atom. The van der Waals surface area contributed by atoms with Crippen LogP contribution in [0.4, 0.5) is 36.4 Å². The average Bonchev–Trinajstić information content (AvgIpc) is 2.77. The summed E-state index contributed by atoms with van der Waals surface area (Å²) in [5, 5.41) is 9.93. The number of anilines is 1. The van der Waals surface area contributed by atoms with Crippen LogP contribution in [-0.4, -0.2) is 61.3 Å². The fourth-order valence-corrected chi connectivity index (χ4v) is 4.16. The molecule has 0 aromatic heterocycles. The second kappa shape index (κ2) is 10.6. The van der Waals surface area contributed by atoms with Crippen LogP contribution in [0.15, 0.2) is 47.5 Å². The molecule has 37 heavy (non-hydrogen) atoms. The lowest BCUT2D eigenvalue weighted by Crippen LogP contribution is -2.57. The SMILES string of the molecule is CN=CC(C=N)[C@H]1[C@H](C(=O)Nc2cc(F)cc(OC(F)(F)F)c2)c2ccccc2C(=O)N1CC(F)(F)F. The Labute approximate surface area is 205 Å². The zero-order chi connectivity index (χ0) is 27.5. The van der Waals surface area contributed by atoms with Gasteiger partial charge in [-0.3, -0.25) is 9.59 Å². The maximum absolute atomic E-state index is 14.0. The smallest absolute Gasteiger partial charge is 0.406 e. The van der Waals surface area contributed by atoms with Crippen molar-refractivity contribution in [3.8, 4) is 5.75 Å². The van der Waals surface area contributed by atoms with E-state index in [2.05, 4.69) is 15.0 Å². The topological polar surface area (TPSA) is 94.9 Å². The van der Waals surface area contributed by atoms with E-state index in [1.165, 1.54) is 31.3 Å². The molecule has 1 unspecified atom stereocenters. The number of ether oxygens (including phenoxy) is 1. The van der Waals surface area contributed by atoms with E-state index in [1.807, 2.05) is 0 Å². The quantitative estimate of drug-likeness (QED) is 0.396. The molecule has 0 saturated heterocycles. The molecule has 198 valence electrons. The van der Waals surface area contributed by atoms with Crippen LogP contribution in [-0.2, 0) is 4.79 Å². The first-order valence-electron chi connectivity index (χ1n) is 10.5. The van der Waals surface area contributed by atoms with Crippen LogP contribution in [0.5, 0.6) is 5.75 Å². The molecule has 2 aromatic rings. The van der Waals surface area contributed by atoms with Crippen molar-refractivity contribution in [1.82, 2.24) is 4.90 Å². The van der Waals surface area contributed by atoms with E-state index >= 15 is 0 Å². The summed E-state index contributed by atoms with van der Waals surface area (Å²) in [5.74, 6) is -7.06. The van der Waals surface area contributed by atoms with Crippen molar-refractivity contribution in [1.29, 1.82) is 5.41 Å². The number of hydrogen-bond acceptors (Lipinski definition) is 5. The molecule has 3 rings (SSSR count). The van der Waals surface area contributed by atoms with E-state index in [0.717, 1.165) is 12.4 Å². The summed E-state index contributed by atoms with van der Waals surface area (Å²) in [4.78, 5) is 30.7. The first-order valence-corrected chi connectivity index (χ1v) is 10.5. The van der Waals surface area contributed by atoms with Gasteiger partial charge in [0, 0.05) is 42.9 Å². The van der Waals surface area contributed by atoms with Crippen LogP contribution in [0.1, 0.15) is 21.8 Å². The normalized spacial score (nSPS) is 18.9. The summed E-state index contributed by atoms with van der Waals surface area (Å²) >= 11 is 0. The Morgan fingerprint density at radius 1 is 1.19 bits per heavy atom. The molecule has 0 fully saturated rings. The van der Waals surface area contributed by atoms with Crippen molar-refractivity contribution >= 4 is 29.9 Å². The maximum atomic E-state index is 14.0. The molecular formula is C23H19F7N4O3. The largest absolute Gasteiger partial charge is 0.573 e.